The van der Waals surface area contributed by atoms with E-state index >= 15 is 0 Å². The second-order valence-corrected chi connectivity index (χ2v) is 7.58. The van der Waals surface area contributed by atoms with Gasteiger partial charge in [-0.15, -0.1) is 11.3 Å². The van der Waals surface area contributed by atoms with Crippen LogP contribution in [0.5, 0.6) is 0 Å². The van der Waals surface area contributed by atoms with Gasteiger partial charge in [0.25, 0.3) is 0 Å². The Balaban J connectivity index is 1.59. The molecule has 5 heteroatoms. The average Bonchev–Trinajstić information content (AvgIpc) is 3.27. The van der Waals surface area contributed by atoms with Crippen LogP contribution in [0.2, 0.25) is 0 Å². The Morgan fingerprint density at radius 3 is 2.73 bits per heavy atom. The molecule has 3 heterocycles. The number of benzene rings is 2. The summed E-state index contributed by atoms with van der Waals surface area (Å²) in [7, 11) is 0. The first kappa shape index (κ1) is 15.6. The maximum Gasteiger partial charge on any atom is 0.421 e. The molecule has 0 unspecified atom stereocenters. The number of thiophene rings is 1. The lowest BCUT2D eigenvalue weighted by Crippen LogP contribution is -2.38. The fourth-order valence-electron chi connectivity index (χ4n) is 3.88. The molecule has 0 bridgehead atoms. The van der Waals surface area contributed by atoms with Crippen molar-refractivity contribution in [3.8, 4) is 0 Å². The molecule has 0 aliphatic carbocycles. The van der Waals surface area contributed by atoms with E-state index in [-0.39, 0.29) is 11.8 Å². The van der Waals surface area contributed by atoms with Crippen molar-refractivity contribution in [2.24, 2.45) is 0 Å². The van der Waals surface area contributed by atoms with E-state index in [4.69, 9.17) is 4.42 Å². The number of fused-ring (bicyclic) bond motifs is 2. The Bertz CT molecular complexity index is 1110. The molecular formula is C21H18N2O2S. The number of hydrogen-bond donors (Lipinski definition) is 0. The largest absolute Gasteiger partial charge is 0.421 e. The standard InChI is InChI=1S/C21H18N2O2S/c24-21-23(17-8-4-5-9-18(17)25-21)14-22-12-10-19-16(11-13-26-19)20(22)15-6-2-1-3-7-15/h1-9,11,13,20H,10,12,14H2/t20-/m1/s1. The second kappa shape index (κ2) is 6.27. The number of nitrogens with zero attached hydrogens (tertiary/aromatic N) is 2. The lowest BCUT2D eigenvalue weighted by atomic mass is 9.94. The smallest absolute Gasteiger partial charge is 0.408 e. The van der Waals surface area contributed by atoms with E-state index in [1.54, 1.807) is 4.57 Å². The van der Waals surface area contributed by atoms with Gasteiger partial charge in [0.1, 0.15) is 0 Å². The third kappa shape index (κ3) is 2.52. The number of oxazole rings is 1. The Morgan fingerprint density at radius 2 is 1.85 bits per heavy atom. The molecule has 1 aliphatic heterocycles. The first-order chi connectivity index (χ1) is 12.8. The molecule has 0 radical (unpaired) electrons. The lowest BCUT2D eigenvalue weighted by Gasteiger charge is -2.36. The summed E-state index contributed by atoms with van der Waals surface area (Å²) in [5.74, 6) is -0.297. The minimum atomic E-state index is -0.297. The van der Waals surface area contributed by atoms with Gasteiger partial charge in [0.05, 0.1) is 18.2 Å². The van der Waals surface area contributed by atoms with Crippen molar-refractivity contribution in [1.29, 1.82) is 0 Å². The normalized spacial score (nSPS) is 17.5. The highest BCUT2D eigenvalue weighted by molar-refractivity contribution is 7.10. The Hall–Kier alpha value is -2.63. The maximum absolute atomic E-state index is 12.4. The van der Waals surface area contributed by atoms with Crippen molar-refractivity contribution >= 4 is 22.4 Å². The molecule has 130 valence electrons. The Morgan fingerprint density at radius 1 is 1.04 bits per heavy atom. The minimum absolute atomic E-state index is 0.159. The van der Waals surface area contributed by atoms with Crippen LogP contribution in [-0.2, 0) is 13.1 Å². The summed E-state index contributed by atoms with van der Waals surface area (Å²) < 4.78 is 7.16. The molecule has 0 saturated heterocycles. The van der Waals surface area contributed by atoms with Gasteiger partial charge in [-0.3, -0.25) is 9.47 Å². The highest BCUT2D eigenvalue weighted by Gasteiger charge is 2.30. The zero-order valence-electron chi connectivity index (χ0n) is 14.2. The molecule has 2 aromatic heterocycles. The SMILES string of the molecule is O=c1oc2ccccc2n1CN1CCc2sccc2[C@H]1c1ccccc1. The molecule has 1 aliphatic rings. The predicted molar refractivity (Wildman–Crippen MR) is 103 cm³/mol. The van der Waals surface area contributed by atoms with Crippen molar-refractivity contribution in [2.75, 3.05) is 6.54 Å². The van der Waals surface area contributed by atoms with Crippen LogP contribution in [0.15, 0.2) is 75.3 Å². The predicted octanol–water partition coefficient (Wildman–Crippen LogP) is 4.26. The lowest BCUT2D eigenvalue weighted by molar-refractivity contribution is 0.163. The van der Waals surface area contributed by atoms with E-state index in [0.717, 1.165) is 18.5 Å². The van der Waals surface area contributed by atoms with Gasteiger partial charge in [-0.25, -0.2) is 4.79 Å². The van der Waals surface area contributed by atoms with E-state index in [2.05, 4.69) is 40.6 Å². The number of rotatable bonds is 3. The van der Waals surface area contributed by atoms with E-state index in [9.17, 15) is 4.79 Å². The summed E-state index contributed by atoms with van der Waals surface area (Å²) in [4.78, 5) is 16.2. The summed E-state index contributed by atoms with van der Waals surface area (Å²) in [6, 6.07) is 20.5. The molecular weight excluding hydrogens is 344 g/mol. The maximum atomic E-state index is 12.4. The van der Waals surface area contributed by atoms with E-state index in [0.29, 0.717) is 12.3 Å². The van der Waals surface area contributed by atoms with Crippen LogP contribution in [-0.4, -0.2) is 16.0 Å². The highest BCUT2D eigenvalue weighted by Crippen LogP contribution is 2.38. The molecule has 0 amide bonds. The molecule has 2 aromatic carbocycles. The molecule has 26 heavy (non-hydrogen) atoms. The van der Waals surface area contributed by atoms with E-state index < -0.39 is 0 Å². The molecule has 0 saturated carbocycles. The number of para-hydroxylation sites is 2. The highest BCUT2D eigenvalue weighted by atomic mass is 32.1. The summed E-state index contributed by atoms with van der Waals surface area (Å²) in [5, 5.41) is 2.17. The summed E-state index contributed by atoms with van der Waals surface area (Å²) in [5.41, 5.74) is 4.10. The van der Waals surface area contributed by atoms with Crippen LogP contribution in [0.25, 0.3) is 11.1 Å². The van der Waals surface area contributed by atoms with Crippen molar-refractivity contribution in [3.63, 3.8) is 0 Å². The van der Waals surface area contributed by atoms with Crippen LogP contribution in [0.3, 0.4) is 0 Å². The number of hydrogen-bond acceptors (Lipinski definition) is 4. The summed E-state index contributed by atoms with van der Waals surface area (Å²) in [6.45, 7) is 1.43. The second-order valence-electron chi connectivity index (χ2n) is 6.58. The van der Waals surface area contributed by atoms with Gasteiger partial charge in [0.15, 0.2) is 5.58 Å². The van der Waals surface area contributed by atoms with E-state index in [1.165, 1.54) is 16.0 Å². The van der Waals surface area contributed by atoms with Crippen LogP contribution in [0, 0.1) is 0 Å². The third-order valence-electron chi connectivity index (χ3n) is 5.08. The van der Waals surface area contributed by atoms with Crippen molar-refractivity contribution in [2.45, 2.75) is 19.1 Å². The number of aromatic nitrogens is 1. The van der Waals surface area contributed by atoms with Gasteiger partial charge in [0, 0.05) is 11.4 Å². The van der Waals surface area contributed by atoms with Crippen LogP contribution < -0.4 is 5.76 Å². The summed E-state index contributed by atoms with van der Waals surface area (Å²) in [6.07, 6.45) is 1.01. The van der Waals surface area contributed by atoms with Gasteiger partial charge in [0.2, 0.25) is 0 Å². The molecule has 0 fully saturated rings. The molecule has 4 aromatic rings. The van der Waals surface area contributed by atoms with E-state index in [1.807, 2.05) is 41.7 Å². The quantitative estimate of drug-likeness (QED) is 0.546. The summed E-state index contributed by atoms with van der Waals surface area (Å²) >= 11 is 1.83. The van der Waals surface area contributed by atoms with Gasteiger partial charge in [-0.1, -0.05) is 42.5 Å². The fourth-order valence-corrected chi connectivity index (χ4v) is 4.78. The van der Waals surface area contributed by atoms with Gasteiger partial charge in [-0.2, -0.15) is 0 Å². The van der Waals surface area contributed by atoms with Gasteiger partial charge >= 0.3 is 5.76 Å². The van der Waals surface area contributed by atoms with Crippen LogP contribution in [0.1, 0.15) is 22.0 Å². The van der Waals surface area contributed by atoms with Crippen LogP contribution in [0.4, 0.5) is 0 Å². The van der Waals surface area contributed by atoms with Crippen LogP contribution >= 0.6 is 11.3 Å². The van der Waals surface area contributed by atoms with Crippen molar-refractivity contribution < 1.29 is 4.42 Å². The fraction of sp³-hybridized carbons (Fsp3) is 0.190. The zero-order valence-corrected chi connectivity index (χ0v) is 15.0. The molecule has 0 spiro atoms. The molecule has 4 nitrogen and oxygen atoms in total. The van der Waals surface area contributed by atoms with Gasteiger partial charge < -0.3 is 4.42 Å². The van der Waals surface area contributed by atoms with Crippen molar-refractivity contribution in [1.82, 2.24) is 9.47 Å². The third-order valence-corrected chi connectivity index (χ3v) is 6.07. The molecule has 5 rings (SSSR count). The van der Waals surface area contributed by atoms with Gasteiger partial charge in [-0.05, 0) is 41.1 Å². The first-order valence-electron chi connectivity index (χ1n) is 8.75. The molecule has 0 N–H and O–H groups in total. The minimum Gasteiger partial charge on any atom is -0.408 e. The first-order valence-corrected chi connectivity index (χ1v) is 9.63. The monoisotopic (exact) mass is 362 g/mol. The average molecular weight is 362 g/mol. The Kier molecular flexibility index (Phi) is 3.76. The van der Waals surface area contributed by atoms with Crippen molar-refractivity contribution in [3.05, 3.63) is 92.6 Å². The topological polar surface area (TPSA) is 38.4 Å². The Labute approximate surface area is 154 Å². The molecule has 1 atom stereocenters. The zero-order chi connectivity index (χ0) is 17.5.